The van der Waals surface area contributed by atoms with Crippen LogP contribution in [0.3, 0.4) is 0 Å². The predicted molar refractivity (Wildman–Crippen MR) is 111 cm³/mol. The van der Waals surface area contributed by atoms with Crippen LogP contribution >= 0.6 is 11.6 Å². The number of ether oxygens (including phenoxy) is 1. The van der Waals surface area contributed by atoms with Crippen molar-refractivity contribution in [1.29, 1.82) is 5.26 Å². The Labute approximate surface area is 174 Å². The van der Waals surface area contributed by atoms with Gasteiger partial charge in [-0.1, -0.05) is 23.7 Å². The lowest BCUT2D eigenvalue weighted by atomic mass is 10.2. The molecule has 2 aromatic rings. The molecule has 0 saturated carbocycles. The minimum Gasteiger partial charge on any atom is -0.452 e. The molecule has 0 unspecified atom stereocenters. The number of para-hydroxylation sites is 1. The number of nitriles is 1. The highest BCUT2D eigenvalue weighted by molar-refractivity contribution is 6.31. The molecule has 7 nitrogen and oxygen atoms in total. The minimum absolute atomic E-state index is 0.0871. The highest BCUT2D eigenvalue weighted by atomic mass is 35.5. The third kappa shape index (κ3) is 6.21. The van der Waals surface area contributed by atoms with E-state index in [1.165, 1.54) is 4.90 Å². The third-order valence-corrected chi connectivity index (χ3v) is 4.53. The average Bonchev–Trinajstić information content (AvgIpc) is 2.73. The number of aryl methyl sites for hydroxylation is 1. The maximum absolute atomic E-state index is 12.7. The van der Waals surface area contributed by atoms with Crippen molar-refractivity contribution in [2.45, 2.75) is 13.3 Å². The zero-order valence-electron chi connectivity index (χ0n) is 16.0. The van der Waals surface area contributed by atoms with Crippen molar-refractivity contribution in [3.8, 4) is 6.07 Å². The number of benzene rings is 2. The van der Waals surface area contributed by atoms with E-state index in [1.54, 1.807) is 42.5 Å². The molecule has 0 aliphatic heterocycles. The van der Waals surface area contributed by atoms with Crippen molar-refractivity contribution in [3.05, 3.63) is 58.6 Å². The molecule has 0 radical (unpaired) electrons. The quantitative estimate of drug-likeness (QED) is 0.610. The smallest absolute Gasteiger partial charge is 0.340 e. The summed E-state index contributed by atoms with van der Waals surface area (Å²) in [5.74, 6) is -1.11. The molecule has 2 N–H and O–H groups in total. The predicted octanol–water partition coefficient (Wildman–Crippen LogP) is 3.16. The van der Waals surface area contributed by atoms with Gasteiger partial charge in [0.1, 0.15) is 0 Å². The second kappa shape index (κ2) is 11.1. The number of hydrogen-bond acceptors (Lipinski definition) is 6. The van der Waals surface area contributed by atoms with E-state index in [0.717, 1.165) is 5.56 Å². The van der Waals surface area contributed by atoms with E-state index in [2.05, 4.69) is 5.32 Å². The monoisotopic (exact) mass is 415 g/mol. The summed E-state index contributed by atoms with van der Waals surface area (Å²) in [4.78, 5) is 26.5. The first-order valence-electron chi connectivity index (χ1n) is 9.02. The van der Waals surface area contributed by atoms with Gasteiger partial charge in [0.15, 0.2) is 6.61 Å². The molecule has 0 saturated heterocycles. The average molecular weight is 416 g/mol. The van der Waals surface area contributed by atoms with Crippen molar-refractivity contribution in [2.24, 2.45) is 0 Å². The van der Waals surface area contributed by atoms with Crippen molar-refractivity contribution in [1.82, 2.24) is 0 Å². The van der Waals surface area contributed by atoms with Gasteiger partial charge >= 0.3 is 5.97 Å². The van der Waals surface area contributed by atoms with Gasteiger partial charge in [0.25, 0.3) is 5.91 Å². The van der Waals surface area contributed by atoms with Gasteiger partial charge in [-0.2, -0.15) is 5.26 Å². The molecule has 29 heavy (non-hydrogen) atoms. The maximum Gasteiger partial charge on any atom is 0.340 e. The molecule has 0 bridgehead atoms. The zero-order chi connectivity index (χ0) is 21.2. The van der Waals surface area contributed by atoms with E-state index in [1.807, 2.05) is 13.0 Å². The Morgan fingerprint density at radius 2 is 2.03 bits per heavy atom. The Morgan fingerprint density at radius 3 is 2.72 bits per heavy atom. The normalized spacial score (nSPS) is 10.1. The largest absolute Gasteiger partial charge is 0.452 e. The van der Waals surface area contributed by atoms with E-state index in [4.69, 9.17) is 26.7 Å². The fraction of sp³-hybridized carbons (Fsp3) is 0.286. The fourth-order valence-electron chi connectivity index (χ4n) is 2.65. The van der Waals surface area contributed by atoms with Gasteiger partial charge in [0.05, 0.1) is 24.7 Å². The number of nitrogens with zero attached hydrogens (tertiary/aromatic N) is 2. The summed E-state index contributed by atoms with van der Waals surface area (Å²) in [5.41, 5.74) is 2.14. The number of nitrogens with one attached hydrogen (secondary N) is 1. The lowest BCUT2D eigenvalue weighted by molar-refractivity contribution is -0.121. The number of halogens is 1. The SMILES string of the molecule is Cc1cc(N(CCC#N)C(=O)COC(=O)c2ccccc2NCCO)ccc1Cl. The van der Waals surface area contributed by atoms with Crippen LogP contribution in [0, 0.1) is 18.3 Å². The van der Waals surface area contributed by atoms with E-state index in [0.29, 0.717) is 16.4 Å². The van der Waals surface area contributed by atoms with Crippen LogP contribution in [0.1, 0.15) is 22.3 Å². The molecule has 1 amide bonds. The van der Waals surface area contributed by atoms with Gasteiger partial charge in [0, 0.05) is 29.5 Å². The summed E-state index contributed by atoms with van der Waals surface area (Å²) in [6, 6.07) is 13.8. The number of carbonyl (C=O) groups is 2. The molecule has 0 spiro atoms. The van der Waals surface area contributed by atoms with Crippen LogP contribution in [-0.2, 0) is 9.53 Å². The lowest BCUT2D eigenvalue weighted by Crippen LogP contribution is -2.35. The van der Waals surface area contributed by atoms with Crippen LogP contribution < -0.4 is 10.2 Å². The van der Waals surface area contributed by atoms with Crippen LogP contribution in [0.15, 0.2) is 42.5 Å². The van der Waals surface area contributed by atoms with Gasteiger partial charge in [-0.15, -0.1) is 0 Å². The fourth-order valence-corrected chi connectivity index (χ4v) is 2.76. The summed E-state index contributed by atoms with van der Waals surface area (Å²) in [6.07, 6.45) is 0.134. The molecular weight excluding hydrogens is 394 g/mol. The Kier molecular flexibility index (Phi) is 8.46. The number of amides is 1. The van der Waals surface area contributed by atoms with Crippen LogP contribution in [0.25, 0.3) is 0 Å². The van der Waals surface area contributed by atoms with Crippen molar-refractivity contribution < 1.29 is 19.4 Å². The minimum atomic E-state index is -0.660. The van der Waals surface area contributed by atoms with Crippen molar-refractivity contribution >= 4 is 34.9 Å². The number of esters is 1. The Bertz CT molecular complexity index is 911. The molecule has 8 heteroatoms. The van der Waals surface area contributed by atoms with Gasteiger partial charge < -0.3 is 20.1 Å². The second-order valence-electron chi connectivity index (χ2n) is 6.16. The van der Waals surface area contributed by atoms with E-state index < -0.39 is 18.5 Å². The zero-order valence-corrected chi connectivity index (χ0v) is 16.8. The van der Waals surface area contributed by atoms with Crippen LogP contribution in [0.4, 0.5) is 11.4 Å². The number of aliphatic hydroxyl groups excluding tert-OH is 1. The number of hydrogen-bond donors (Lipinski definition) is 2. The first-order chi connectivity index (χ1) is 14.0. The topological polar surface area (TPSA) is 103 Å². The first-order valence-corrected chi connectivity index (χ1v) is 9.40. The number of rotatable bonds is 9. The molecule has 2 aromatic carbocycles. The van der Waals surface area contributed by atoms with Gasteiger partial charge in [-0.3, -0.25) is 4.79 Å². The molecular formula is C21H22ClN3O4. The summed E-state index contributed by atoms with van der Waals surface area (Å²) in [7, 11) is 0. The molecule has 0 aromatic heterocycles. The molecule has 0 atom stereocenters. The van der Waals surface area contributed by atoms with Crippen molar-refractivity contribution in [3.63, 3.8) is 0 Å². The summed E-state index contributed by atoms with van der Waals surface area (Å²) in [6.45, 7) is 1.70. The summed E-state index contributed by atoms with van der Waals surface area (Å²) in [5, 5.41) is 21.3. The Balaban J connectivity index is 2.11. The van der Waals surface area contributed by atoms with E-state index in [-0.39, 0.29) is 31.7 Å². The highest BCUT2D eigenvalue weighted by Gasteiger charge is 2.20. The maximum atomic E-state index is 12.7. The van der Waals surface area contributed by atoms with Crippen LogP contribution in [-0.4, -0.2) is 43.3 Å². The van der Waals surface area contributed by atoms with Crippen molar-refractivity contribution in [2.75, 3.05) is 36.5 Å². The molecule has 2 rings (SSSR count). The first kappa shape index (κ1) is 22.2. The van der Waals surface area contributed by atoms with Gasteiger partial charge in [-0.05, 0) is 42.8 Å². The molecule has 0 fully saturated rings. The number of aliphatic hydroxyl groups is 1. The third-order valence-electron chi connectivity index (χ3n) is 4.10. The summed E-state index contributed by atoms with van der Waals surface area (Å²) >= 11 is 6.04. The molecule has 0 heterocycles. The number of anilines is 2. The summed E-state index contributed by atoms with van der Waals surface area (Å²) < 4.78 is 5.21. The molecule has 0 aliphatic carbocycles. The van der Waals surface area contributed by atoms with E-state index >= 15 is 0 Å². The molecule has 0 aliphatic rings. The standard InChI is InChI=1S/C21H22ClN3O4/c1-15-13-16(7-8-18(15)22)25(11-4-9-23)20(27)14-29-21(28)17-5-2-3-6-19(17)24-10-12-26/h2-3,5-8,13,24,26H,4,10-12,14H2,1H3. The number of carbonyl (C=O) groups excluding carboxylic acids is 2. The lowest BCUT2D eigenvalue weighted by Gasteiger charge is -2.22. The van der Waals surface area contributed by atoms with E-state index in [9.17, 15) is 9.59 Å². The highest BCUT2D eigenvalue weighted by Crippen LogP contribution is 2.23. The second-order valence-corrected chi connectivity index (χ2v) is 6.57. The van der Waals surface area contributed by atoms with Gasteiger partial charge in [-0.25, -0.2) is 4.79 Å². The Morgan fingerprint density at radius 1 is 1.28 bits per heavy atom. The van der Waals surface area contributed by atoms with Crippen LogP contribution in [0.5, 0.6) is 0 Å². The van der Waals surface area contributed by atoms with Gasteiger partial charge in [0.2, 0.25) is 0 Å². The Hall–Kier alpha value is -3.08. The van der Waals surface area contributed by atoms with Crippen LogP contribution in [0.2, 0.25) is 5.02 Å². The molecule has 152 valence electrons.